The van der Waals surface area contributed by atoms with Crippen molar-refractivity contribution in [2.45, 2.75) is 26.9 Å². The van der Waals surface area contributed by atoms with E-state index < -0.39 is 0 Å². The van der Waals surface area contributed by atoms with Crippen LogP contribution in [0, 0.1) is 6.92 Å². The number of esters is 1. The van der Waals surface area contributed by atoms with Gasteiger partial charge in [0.1, 0.15) is 0 Å². The van der Waals surface area contributed by atoms with Crippen LogP contribution >= 0.6 is 35.3 Å². The number of aryl methyl sites for hydroxylation is 1. The Hall–Kier alpha value is -1.61. The molecule has 0 unspecified atom stereocenters. The SMILES string of the molecule is CCOC(=O)c1ccc(CNC(=NC)NCc2ccc(C)s2)cc1.I. The van der Waals surface area contributed by atoms with E-state index in [9.17, 15) is 4.79 Å². The van der Waals surface area contributed by atoms with Gasteiger partial charge in [-0.25, -0.2) is 4.79 Å². The fraction of sp³-hybridized carbons (Fsp3) is 0.333. The van der Waals surface area contributed by atoms with Crippen LogP contribution in [0.2, 0.25) is 0 Å². The van der Waals surface area contributed by atoms with E-state index in [1.54, 1.807) is 37.4 Å². The number of rotatable bonds is 6. The Balaban J connectivity index is 0.00000312. The van der Waals surface area contributed by atoms with Crippen LogP contribution in [-0.2, 0) is 17.8 Å². The monoisotopic (exact) mass is 473 g/mol. The molecule has 0 aliphatic rings. The van der Waals surface area contributed by atoms with E-state index in [1.807, 2.05) is 12.1 Å². The van der Waals surface area contributed by atoms with Crippen LogP contribution in [0.3, 0.4) is 0 Å². The van der Waals surface area contributed by atoms with Gasteiger partial charge in [-0.3, -0.25) is 4.99 Å². The second-order valence-electron chi connectivity index (χ2n) is 5.21. The molecule has 0 fully saturated rings. The average Bonchev–Trinajstić information content (AvgIpc) is 3.01. The molecule has 2 N–H and O–H groups in total. The summed E-state index contributed by atoms with van der Waals surface area (Å²) in [4.78, 5) is 18.4. The second-order valence-corrected chi connectivity index (χ2v) is 6.58. The van der Waals surface area contributed by atoms with Gasteiger partial charge in [0.25, 0.3) is 0 Å². The summed E-state index contributed by atoms with van der Waals surface area (Å²) in [6, 6.07) is 11.6. The number of aliphatic imine (C=N–C) groups is 1. The molecule has 0 saturated heterocycles. The van der Waals surface area contributed by atoms with Crippen molar-refractivity contribution < 1.29 is 9.53 Å². The second kappa shape index (κ2) is 11.1. The van der Waals surface area contributed by atoms with Gasteiger partial charge in [-0.1, -0.05) is 12.1 Å². The molecule has 0 bridgehead atoms. The van der Waals surface area contributed by atoms with Gasteiger partial charge >= 0.3 is 5.97 Å². The van der Waals surface area contributed by atoms with Gasteiger partial charge in [-0.15, -0.1) is 35.3 Å². The summed E-state index contributed by atoms with van der Waals surface area (Å²) in [7, 11) is 1.75. The number of hydrogen-bond donors (Lipinski definition) is 2. The van der Waals surface area contributed by atoms with Gasteiger partial charge in [0, 0.05) is 23.3 Å². The van der Waals surface area contributed by atoms with Gasteiger partial charge < -0.3 is 15.4 Å². The number of carbonyl (C=O) groups is 1. The molecule has 0 radical (unpaired) electrons. The molecule has 2 aromatic rings. The van der Waals surface area contributed by atoms with Crippen LogP contribution in [0.1, 0.15) is 32.6 Å². The van der Waals surface area contributed by atoms with Crippen LogP contribution in [0.4, 0.5) is 0 Å². The number of nitrogens with one attached hydrogen (secondary N) is 2. The predicted molar refractivity (Wildman–Crippen MR) is 114 cm³/mol. The molecule has 0 atom stereocenters. The van der Waals surface area contributed by atoms with Crippen molar-refractivity contribution in [1.29, 1.82) is 0 Å². The first-order valence-electron chi connectivity index (χ1n) is 7.88. The van der Waals surface area contributed by atoms with Crippen molar-refractivity contribution in [3.8, 4) is 0 Å². The zero-order chi connectivity index (χ0) is 17.4. The first-order chi connectivity index (χ1) is 11.6. The lowest BCUT2D eigenvalue weighted by Gasteiger charge is -2.11. The lowest BCUT2D eigenvalue weighted by atomic mass is 10.1. The molecule has 0 amide bonds. The van der Waals surface area contributed by atoms with Crippen LogP contribution in [0.5, 0.6) is 0 Å². The Bertz CT molecular complexity index is 699. The Morgan fingerprint density at radius 3 is 2.36 bits per heavy atom. The fourth-order valence-corrected chi connectivity index (χ4v) is 2.96. The van der Waals surface area contributed by atoms with Crippen LogP contribution in [0.25, 0.3) is 0 Å². The average molecular weight is 473 g/mol. The first-order valence-corrected chi connectivity index (χ1v) is 8.70. The molecule has 7 heteroatoms. The number of carbonyl (C=O) groups excluding carboxylic acids is 1. The summed E-state index contributed by atoms with van der Waals surface area (Å²) in [5.41, 5.74) is 1.63. The van der Waals surface area contributed by atoms with E-state index in [1.165, 1.54) is 9.75 Å². The van der Waals surface area contributed by atoms with Crippen molar-refractivity contribution in [1.82, 2.24) is 10.6 Å². The molecular formula is C18H24IN3O2S. The Kier molecular flexibility index (Phi) is 9.51. The van der Waals surface area contributed by atoms with Crippen molar-refractivity contribution in [3.63, 3.8) is 0 Å². The van der Waals surface area contributed by atoms with Crippen molar-refractivity contribution in [2.24, 2.45) is 4.99 Å². The molecule has 2 rings (SSSR count). The van der Waals surface area contributed by atoms with Gasteiger partial charge in [0.2, 0.25) is 0 Å². The maximum Gasteiger partial charge on any atom is 0.338 e. The molecule has 1 heterocycles. The third kappa shape index (κ3) is 7.03. The molecule has 1 aromatic heterocycles. The van der Waals surface area contributed by atoms with E-state index in [4.69, 9.17) is 4.74 Å². The Morgan fingerprint density at radius 2 is 1.80 bits per heavy atom. The van der Waals surface area contributed by atoms with Crippen molar-refractivity contribution in [3.05, 3.63) is 57.3 Å². The van der Waals surface area contributed by atoms with Crippen LogP contribution < -0.4 is 10.6 Å². The lowest BCUT2D eigenvalue weighted by Crippen LogP contribution is -2.36. The number of thiophene rings is 1. The molecule has 5 nitrogen and oxygen atoms in total. The maximum absolute atomic E-state index is 11.6. The Labute approximate surface area is 169 Å². The molecule has 0 spiro atoms. The summed E-state index contributed by atoms with van der Waals surface area (Å²) in [5.74, 6) is 0.455. The highest BCUT2D eigenvalue weighted by Crippen LogP contribution is 2.14. The molecular weight excluding hydrogens is 449 g/mol. The molecule has 136 valence electrons. The highest BCUT2D eigenvalue weighted by Gasteiger charge is 2.06. The number of benzene rings is 1. The third-order valence-corrected chi connectivity index (χ3v) is 4.38. The standard InChI is InChI=1S/C18H23N3O2S.HI/c1-4-23-17(22)15-8-6-14(7-9-15)11-20-18(19-3)21-12-16-10-5-13(2)24-16;/h5-10H,4,11-12H2,1-3H3,(H2,19,20,21);1H. The number of halogens is 1. The molecule has 0 aliphatic heterocycles. The predicted octanol–water partition coefficient (Wildman–Crippen LogP) is 3.72. The molecule has 1 aromatic carbocycles. The van der Waals surface area contributed by atoms with Gasteiger partial charge in [0.15, 0.2) is 5.96 Å². The van der Waals surface area contributed by atoms with Gasteiger partial charge in [-0.05, 0) is 43.7 Å². The van der Waals surface area contributed by atoms with Gasteiger partial charge in [-0.2, -0.15) is 0 Å². The zero-order valence-corrected chi connectivity index (χ0v) is 17.8. The van der Waals surface area contributed by atoms with Crippen molar-refractivity contribution >= 4 is 47.2 Å². The van der Waals surface area contributed by atoms with Crippen LogP contribution in [-0.4, -0.2) is 25.6 Å². The van der Waals surface area contributed by atoms with E-state index in [2.05, 4.69) is 34.7 Å². The molecule has 0 aliphatic carbocycles. The fourth-order valence-electron chi connectivity index (χ4n) is 2.13. The van der Waals surface area contributed by atoms with E-state index in [0.29, 0.717) is 18.7 Å². The number of ether oxygens (including phenoxy) is 1. The van der Waals surface area contributed by atoms with E-state index in [-0.39, 0.29) is 29.9 Å². The highest BCUT2D eigenvalue weighted by atomic mass is 127. The minimum absolute atomic E-state index is 0. The largest absolute Gasteiger partial charge is 0.462 e. The zero-order valence-electron chi connectivity index (χ0n) is 14.7. The quantitative estimate of drug-likeness (QED) is 0.291. The van der Waals surface area contributed by atoms with Crippen molar-refractivity contribution in [2.75, 3.05) is 13.7 Å². The number of guanidine groups is 1. The van der Waals surface area contributed by atoms with E-state index in [0.717, 1.165) is 18.1 Å². The smallest absolute Gasteiger partial charge is 0.338 e. The third-order valence-electron chi connectivity index (χ3n) is 3.37. The first kappa shape index (κ1) is 21.4. The molecule has 25 heavy (non-hydrogen) atoms. The summed E-state index contributed by atoms with van der Waals surface area (Å²) in [5, 5.41) is 6.55. The normalized spacial score (nSPS) is 10.8. The minimum Gasteiger partial charge on any atom is -0.462 e. The summed E-state index contributed by atoms with van der Waals surface area (Å²) < 4.78 is 4.98. The van der Waals surface area contributed by atoms with E-state index >= 15 is 0 Å². The number of nitrogens with zero attached hydrogens (tertiary/aromatic N) is 1. The topological polar surface area (TPSA) is 62.7 Å². The highest BCUT2D eigenvalue weighted by molar-refractivity contribution is 14.0. The minimum atomic E-state index is -0.291. The number of hydrogen-bond acceptors (Lipinski definition) is 4. The van der Waals surface area contributed by atoms with Crippen LogP contribution in [0.15, 0.2) is 41.4 Å². The molecule has 0 saturated carbocycles. The summed E-state index contributed by atoms with van der Waals surface area (Å²) in [6.07, 6.45) is 0. The maximum atomic E-state index is 11.6. The van der Waals surface area contributed by atoms with Gasteiger partial charge in [0.05, 0.1) is 18.7 Å². The Morgan fingerprint density at radius 1 is 1.12 bits per heavy atom. The lowest BCUT2D eigenvalue weighted by molar-refractivity contribution is 0.0526. The summed E-state index contributed by atoms with van der Waals surface area (Å²) >= 11 is 1.77. The summed E-state index contributed by atoms with van der Waals surface area (Å²) in [6.45, 7) is 5.66.